The highest BCUT2D eigenvalue weighted by Gasteiger charge is 2.17. The second-order valence-corrected chi connectivity index (χ2v) is 6.58. The van der Waals surface area contributed by atoms with Gasteiger partial charge in [-0.1, -0.05) is 47.5 Å². The molecule has 2 heterocycles. The van der Waals surface area contributed by atoms with Gasteiger partial charge in [0.15, 0.2) is 11.5 Å². The van der Waals surface area contributed by atoms with Gasteiger partial charge in [0.25, 0.3) is 5.56 Å². The SMILES string of the molecule is C#CCSc1nc(-c2ccc(C)cc2)nc2c1c(=O)n(C)c(=O)n2C. The van der Waals surface area contributed by atoms with Crippen LogP contribution in [0.2, 0.25) is 0 Å². The number of aryl methyl sites for hydroxylation is 2. The first-order valence-electron chi connectivity index (χ1n) is 7.55. The molecule has 0 atom stereocenters. The highest BCUT2D eigenvalue weighted by atomic mass is 32.2. The Morgan fingerprint density at radius 1 is 1.12 bits per heavy atom. The van der Waals surface area contributed by atoms with Crippen molar-refractivity contribution in [3.05, 3.63) is 50.7 Å². The topological polar surface area (TPSA) is 69.8 Å². The van der Waals surface area contributed by atoms with Crippen molar-refractivity contribution in [1.29, 1.82) is 0 Å². The van der Waals surface area contributed by atoms with E-state index in [1.54, 1.807) is 7.05 Å². The molecule has 0 N–H and O–H groups in total. The summed E-state index contributed by atoms with van der Waals surface area (Å²) >= 11 is 1.28. The van der Waals surface area contributed by atoms with Crippen LogP contribution in [0.3, 0.4) is 0 Å². The number of aromatic nitrogens is 4. The molecule has 0 aliphatic heterocycles. The van der Waals surface area contributed by atoms with Crippen LogP contribution in [0.1, 0.15) is 5.56 Å². The fraction of sp³-hybridized carbons (Fsp3) is 0.222. The number of terminal acetylenes is 1. The number of hydrogen-bond donors (Lipinski definition) is 0. The minimum atomic E-state index is -0.432. The van der Waals surface area contributed by atoms with Crippen molar-refractivity contribution in [3.63, 3.8) is 0 Å². The van der Waals surface area contributed by atoms with E-state index in [2.05, 4.69) is 15.9 Å². The summed E-state index contributed by atoms with van der Waals surface area (Å²) in [7, 11) is 3.03. The van der Waals surface area contributed by atoms with E-state index in [1.807, 2.05) is 31.2 Å². The Morgan fingerprint density at radius 2 is 1.80 bits per heavy atom. The van der Waals surface area contributed by atoms with E-state index in [9.17, 15) is 9.59 Å². The zero-order valence-electron chi connectivity index (χ0n) is 14.1. The van der Waals surface area contributed by atoms with Crippen molar-refractivity contribution in [3.8, 4) is 23.7 Å². The molecule has 25 heavy (non-hydrogen) atoms. The van der Waals surface area contributed by atoms with Crippen LogP contribution in [0.4, 0.5) is 0 Å². The first-order valence-corrected chi connectivity index (χ1v) is 8.53. The summed E-state index contributed by atoms with van der Waals surface area (Å²) in [4.78, 5) is 33.8. The Bertz CT molecular complexity index is 1120. The molecule has 3 rings (SSSR count). The molecule has 0 aliphatic rings. The predicted molar refractivity (Wildman–Crippen MR) is 99.8 cm³/mol. The average Bonchev–Trinajstić information content (AvgIpc) is 2.62. The van der Waals surface area contributed by atoms with Gasteiger partial charge in [-0.3, -0.25) is 13.9 Å². The number of rotatable bonds is 3. The maximum atomic E-state index is 12.6. The monoisotopic (exact) mass is 352 g/mol. The molecular weight excluding hydrogens is 336 g/mol. The van der Waals surface area contributed by atoms with Crippen LogP contribution < -0.4 is 11.2 Å². The quantitative estimate of drug-likeness (QED) is 0.408. The number of fused-ring (bicyclic) bond motifs is 1. The van der Waals surface area contributed by atoms with Crippen LogP contribution >= 0.6 is 11.8 Å². The smallest absolute Gasteiger partial charge is 0.280 e. The number of benzene rings is 1. The maximum Gasteiger partial charge on any atom is 0.332 e. The third-order valence-corrected chi connectivity index (χ3v) is 4.75. The van der Waals surface area contributed by atoms with E-state index >= 15 is 0 Å². The molecule has 126 valence electrons. The van der Waals surface area contributed by atoms with E-state index in [0.29, 0.717) is 27.6 Å². The lowest BCUT2D eigenvalue weighted by molar-refractivity contribution is 0.703. The van der Waals surface area contributed by atoms with Gasteiger partial charge < -0.3 is 0 Å². The van der Waals surface area contributed by atoms with E-state index in [4.69, 9.17) is 6.42 Å². The Kier molecular flexibility index (Phi) is 4.47. The number of hydrogen-bond acceptors (Lipinski definition) is 5. The second kappa shape index (κ2) is 6.57. The van der Waals surface area contributed by atoms with Crippen molar-refractivity contribution in [1.82, 2.24) is 19.1 Å². The molecule has 0 saturated heterocycles. The molecular formula is C18H16N4O2S. The van der Waals surface area contributed by atoms with Gasteiger partial charge in [-0.25, -0.2) is 14.8 Å². The molecule has 3 aromatic rings. The molecule has 0 radical (unpaired) electrons. The van der Waals surface area contributed by atoms with Gasteiger partial charge in [-0.2, -0.15) is 0 Å². The van der Waals surface area contributed by atoms with E-state index in [0.717, 1.165) is 15.7 Å². The summed E-state index contributed by atoms with van der Waals surface area (Å²) in [6.45, 7) is 1.99. The van der Waals surface area contributed by atoms with Crippen LogP contribution in [0.5, 0.6) is 0 Å². The summed E-state index contributed by atoms with van der Waals surface area (Å²) in [6.07, 6.45) is 5.36. The van der Waals surface area contributed by atoms with Crippen molar-refractivity contribution < 1.29 is 0 Å². The van der Waals surface area contributed by atoms with Gasteiger partial charge in [0.2, 0.25) is 0 Å². The van der Waals surface area contributed by atoms with E-state index in [-0.39, 0.29) is 0 Å². The molecule has 0 amide bonds. The zero-order valence-corrected chi connectivity index (χ0v) is 14.9. The third kappa shape index (κ3) is 2.96. The van der Waals surface area contributed by atoms with Crippen LogP contribution in [0.25, 0.3) is 22.4 Å². The lowest BCUT2D eigenvalue weighted by Crippen LogP contribution is -2.37. The molecule has 0 fully saturated rings. The van der Waals surface area contributed by atoms with Crippen LogP contribution in [0, 0.1) is 19.3 Å². The molecule has 0 aliphatic carbocycles. The Labute approximate surface area is 148 Å². The standard InChI is InChI=1S/C18H16N4O2S/c1-5-10-25-16-13-15(21(3)18(24)22(4)17(13)23)19-14(20-16)12-8-6-11(2)7-9-12/h1,6-9H,10H2,2-4H3. The fourth-order valence-corrected chi connectivity index (χ4v) is 3.17. The van der Waals surface area contributed by atoms with Gasteiger partial charge in [0.1, 0.15) is 10.4 Å². The van der Waals surface area contributed by atoms with Crippen molar-refractivity contribution in [2.24, 2.45) is 14.1 Å². The number of nitrogens with zero attached hydrogens (tertiary/aromatic N) is 4. The highest BCUT2D eigenvalue weighted by molar-refractivity contribution is 7.99. The zero-order chi connectivity index (χ0) is 18.1. The first-order chi connectivity index (χ1) is 11.9. The number of thioether (sulfide) groups is 1. The molecule has 7 heteroatoms. The van der Waals surface area contributed by atoms with Crippen LogP contribution in [-0.4, -0.2) is 24.9 Å². The highest BCUT2D eigenvalue weighted by Crippen LogP contribution is 2.25. The molecule has 0 spiro atoms. The van der Waals surface area contributed by atoms with Crippen molar-refractivity contribution in [2.45, 2.75) is 11.9 Å². The molecule has 6 nitrogen and oxygen atoms in total. The Balaban J connectivity index is 2.39. The fourth-order valence-electron chi connectivity index (χ4n) is 2.48. The molecule has 0 unspecified atom stereocenters. The molecule has 1 aromatic carbocycles. The maximum absolute atomic E-state index is 12.6. The lowest BCUT2D eigenvalue weighted by atomic mass is 10.1. The van der Waals surface area contributed by atoms with Gasteiger partial charge in [-0.05, 0) is 6.92 Å². The van der Waals surface area contributed by atoms with Gasteiger partial charge in [-0.15, -0.1) is 6.42 Å². The van der Waals surface area contributed by atoms with Crippen molar-refractivity contribution in [2.75, 3.05) is 5.75 Å². The first kappa shape index (κ1) is 17.0. The molecule has 0 saturated carbocycles. The second-order valence-electron chi connectivity index (χ2n) is 5.62. The van der Waals surface area contributed by atoms with Crippen LogP contribution in [-0.2, 0) is 14.1 Å². The Morgan fingerprint density at radius 3 is 2.44 bits per heavy atom. The average molecular weight is 352 g/mol. The summed E-state index contributed by atoms with van der Waals surface area (Å²) in [5.41, 5.74) is 1.38. The van der Waals surface area contributed by atoms with E-state index in [1.165, 1.54) is 23.4 Å². The normalized spacial score (nSPS) is 10.8. The minimum Gasteiger partial charge on any atom is -0.280 e. The molecule has 0 bridgehead atoms. The summed E-state index contributed by atoms with van der Waals surface area (Å²) in [5, 5.41) is 0.787. The van der Waals surface area contributed by atoms with Gasteiger partial charge in [0, 0.05) is 19.7 Å². The van der Waals surface area contributed by atoms with Crippen molar-refractivity contribution >= 4 is 22.8 Å². The molecule has 2 aromatic heterocycles. The lowest BCUT2D eigenvalue weighted by Gasteiger charge is -2.11. The summed E-state index contributed by atoms with van der Waals surface area (Å²) in [5.74, 6) is 3.35. The third-order valence-electron chi connectivity index (χ3n) is 3.87. The predicted octanol–water partition coefficient (Wildman–Crippen LogP) is 1.73. The summed E-state index contributed by atoms with van der Waals surface area (Å²) < 4.78 is 2.41. The van der Waals surface area contributed by atoms with Gasteiger partial charge >= 0.3 is 5.69 Å². The Hall–Kier alpha value is -2.85. The van der Waals surface area contributed by atoms with Gasteiger partial charge in [0.05, 0.1) is 5.75 Å². The van der Waals surface area contributed by atoms with E-state index < -0.39 is 11.2 Å². The minimum absolute atomic E-state index is 0.304. The summed E-state index contributed by atoms with van der Waals surface area (Å²) in [6, 6.07) is 7.73. The largest absolute Gasteiger partial charge is 0.332 e. The van der Waals surface area contributed by atoms with Crippen LogP contribution in [0.15, 0.2) is 38.9 Å².